The maximum atomic E-state index is 13.1. The van der Waals surface area contributed by atoms with Crippen molar-refractivity contribution in [3.05, 3.63) is 46.1 Å². The molecule has 0 heterocycles. The van der Waals surface area contributed by atoms with E-state index in [0.717, 1.165) is 12.0 Å². The summed E-state index contributed by atoms with van der Waals surface area (Å²) >= 11 is 0. The Bertz CT molecular complexity index is 584. The Kier molecular flexibility index (Phi) is 2.56. The maximum absolute atomic E-state index is 13.1. The number of hydrogen-bond donors (Lipinski definition) is 1. The number of fused-ring (bicyclic) bond motifs is 2. The molecule has 0 bridgehead atoms. The van der Waals surface area contributed by atoms with Crippen LogP contribution in [0, 0.1) is 5.41 Å². The highest BCUT2D eigenvalue weighted by Crippen LogP contribution is 2.51. The molecule has 19 heavy (non-hydrogen) atoms. The Labute approximate surface area is 112 Å². The number of rotatable bonds is 3. The van der Waals surface area contributed by atoms with Crippen LogP contribution in [-0.2, 0) is 4.79 Å². The molecular weight excluding hydrogens is 241 g/mol. The molecule has 0 radical (unpaired) electrons. The van der Waals surface area contributed by atoms with Gasteiger partial charge in [-0.2, -0.15) is 0 Å². The summed E-state index contributed by atoms with van der Waals surface area (Å²) in [5.41, 5.74) is 5.30. The minimum Gasteiger partial charge on any atom is -0.346 e. The number of halogens is 1. The van der Waals surface area contributed by atoms with Gasteiger partial charge in [0.2, 0.25) is 0 Å². The van der Waals surface area contributed by atoms with E-state index in [1.165, 1.54) is 16.7 Å². The van der Waals surface area contributed by atoms with Gasteiger partial charge in [-0.1, -0.05) is 26.8 Å². The average molecular weight is 259 g/mol. The Morgan fingerprint density at radius 1 is 1.37 bits per heavy atom. The maximum Gasteiger partial charge on any atom is 0.252 e. The second-order valence-corrected chi connectivity index (χ2v) is 6.45. The molecule has 100 valence electrons. The zero-order valence-corrected chi connectivity index (χ0v) is 11.5. The second-order valence-electron chi connectivity index (χ2n) is 6.45. The van der Waals surface area contributed by atoms with Crippen molar-refractivity contribution in [3.8, 4) is 0 Å². The van der Waals surface area contributed by atoms with Crippen LogP contribution in [0.2, 0.25) is 0 Å². The first-order chi connectivity index (χ1) is 8.91. The van der Waals surface area contributed by atoms with Crippen molar-refractivity contribution < 1.29 is 9.18 Å². The second kappa shape index (κ2) is 3.92. The van der Waals surface area contributed by atoms with E-state index < -0.39 is 12.7 Å². The van der Waals surface area contributed by atoms with Crippen molar-refractivity contribution in [2.45, 2.75) is 33.2 Å². The Morgan fingerprint density at radius 2 is 2.11 bits per heavy atom. The summed E-state index contributed by atoms with van der Waals surface area (Å²) in [5.74, 6) is -0.169. The molecule has 1 fully saturated rings. The highest BCUT2D eigenvalue weighted by molar-refractivity contribution is 6.02. The molecule has 0 aromatic carbocycles. The van der Waals surface area contributed by atoms with E-state index in [1.54, 1.807) is 0 Å². The lowest BCUT2D eigenvalue weighted by molar-refractivity contribution is -0.118. The fourth-order valence-electron chi connectivity index (χ4n) is 2.56. The molecule has 2 nitrogen and oxygen atoms in total. The van der Waals surface area contributed by atoms with Crippen molar-refractivity contribution in [1.29, 1.82) is 0 Å². The zero-order valence-electron chi connectivity index (χ0n) is 11.5. The van der Waals surface area contributed by atoms with Gasteiger partial charge in [0.05, 0.1) is 6.04 Å². The Hall–Kier alpha value is -1.64. The van der Waals surface area contributed by atoms with E-state index in [1.807, 2.05) is 32.9 Å². The first kappa shape index (κ1) is 12.4. The smallest absolute Gasteiger partial charge is 0.252 e. The lowest BCUT2D eigenvalue weighted by Gasteiger charge is -2.29. The quantitative estimate of drug-likeness (QED) is 0.829. The summed E-state index contributed by atoms with van der Waals surface area (Å²) in [7, 11) is 0. The highest BCUT2D eigenvalue weighted by atomic mass is 19.1. The predicted octanol–water partition coefficient (Wildman–Crippen LogP) is 2.99. The minimum atomic E-state index is -0.545. The van der Waals surface area contributed by atoms with Gasteiger partial charge in [-0.3, -0.25) is 4.79 Å². The summed E-state index contributed by atoms with van der Waals surface area (Å²) in [6.07, 6.45) is 6.99. The number of alkyl halides is 1. The van der Waals surface area contributed by atoms with Crippen LogP contribution in [0.15, 0.2) is 46.1 Å². The summed E-state index contributed by atoms with van der Waals surface area (Å²) in [6.45, 7) is 5.25. The number of carbonyl (C=O) groups is 1. The van der Waals surface area contributed by atoms with E-state index in [4.69, 9.17) is 0 Å². The molecule has 1 N–H and O–H groups in total. The van der Waals surface area contributed by atoms with Crippen molar-refractivity contribution in [3.63, 3.8) is 0 Å². The standard InChI is InChI=1S/C16H18FNO/c1-16(2,3)14(8-17)18-15(19)11-5-4-10-12-6-9(12)7-13(10)11/h4-5,7,14H,6,8H2,1-3H3,(H,18,19)/t14-/m1/s1. The van der Waals surface area contributed by atoms with Gasteiger partial charge in [0, 0.05) is 5.57 Å². The first-order valence-corrected chi connectivity index (χ1v) is 6.65. The number of amides is 1. The molecule has 0 unspecified atom stereocenters. The van der Waals surface area contributed by atoms with Gasteiger partial charge >= 0.3 is 0 Å². The summed E-state index contributed by atoms with van der Waals surface area (Å²) in [5, 5.41) is 2.82. The van der Waals surface area contributed by atoms with Crippen LogP contribution in [0.3, 0.4) is 0 Å². The van der Waals surface area contributed by atoms with Crippen LogP contribution in [0.4, 0.5) is 4.39 Å². The number of allylic oxidation sites excluding steroid dienone is 6. The first-order valence-electron chi connectivity index (χ1n) is 6.65. The number of nitrogens with one attached hydrogen (secondary N) is 1. The summed E-state index contributed by atoms with van der Waals surface area (Å²) < 4.78 is 13.1. The largest absolute Gasteiger partial charge is 0.346 e. The van der Waals surface area contributed by atoms with Crippen molar-refractivity contribution in [2.75, 3.05) is 6.67 Å². The van der Waals surface area contributed by atoms with E-state index in [-0.39, 0.29) is 11.3 Å². The van der Waals surface area contributed by atoms with Crippen LogP contribution in [0.5, 0.6) is 0 Å². The molecule has 3 aliphatic rings. The lowest BCUT2D eigenvalue weighted by atomic mass is 9.87. The molecule has 0 spiro atoms. The molecule has 1 saturated carbocycles. The van der Waals surface area contributed by atoms with Crippen molar-refractivity contribution in [2.24, 2.45) is 5.41 Å². The molecule has 3 heteroatoms. The third-order valence-electron chi connectivity index (χ3n) is 4.02. The number of carbonyl (C=O) groups excluding carboxylic acids is 1. The lowest BCUT2D eigenvalue weighted by Crippen LogP contribution is -2.45. The zero-order chi connectivity index (χ0) is 13.8. The van der Waals surface area contributed by atoms with Crippen LogP contribution in [-0.4, -0.2) is 18.6 Å². The van der Waals surface area contributed by atoms with Crippen LogP contribution in [0.25, 0.3) is 0 Å². The van der Waals surface area contributed by atoms with Gasteiger partial charge in [0.15, 0.2) is 0 Å². The summed E-state index contributed by atoms with van der Waals surface area (Å²) in [4.78, 5) is 12.3. The van der Waals surface area contributed by atoms with Gasteiger partial charge in [-0.15, -0.1) is 0 Å². The molecule has 3 rings (SSSR count). The third kappa shape index (κ3) is 1.97. The molecular formula is C16H18FNO. The SMILES string of the molecule is CC(C)(C)[C@@H](CF)NC(=O)C1=C2C=C3CC3=C2C=C1. The molecule has 0 saturated heterocycles. The normalized spacial score (nSPS) is 21.4. The fraction of sp³-hybridized carbons (Fsp3) is 0.438. The van der Waals surface area contributed by atoms with Gasteiger partial charge in [-0.25, -0.2) is 4.39 Å². The van der Waals surface area contributed by atoms with Gasteiger partial charge in [-0.05, 0) is 46.3 Å². The molecule has 3 aliphatic carbocycles. The van der Waals surface area contributed by atoms with E-state index in [0.29, 0.717) is 5.57 Å². The molecule has 0 aliphatic heterocycles. The van der Waals surface area contributed by atoms with Gasteiger partial charge in [0.1, 0.15) is 6.67 Å². The monoisotopic (exact) mass is 259 g/mol. The van der Waals surface area contributed by atoms with E-state index >= 15 is 0 Å². The minimum absolute atomic E-state index is 0.169. The molecule has 1 amide bonds. The van der Waals surface area contributed by atoms with Crippen molar-refractivity contribution >= 4 is 5.91 Å². The average Bonchev–Trinajstić information content (AvgIpc) is 2.82. The Balaban J connectivity index is 1.80. The number of hydrogen-bond acceptors (Lipinski definition) is 1. The topological polar surface area (TPSA) is 29.1 Å². The molecule has 0 aromatic heterocycles. The van der Waals surface area contributed by atoms with Gasteiger partial charge in [0.25, 0.3) is 5.91 Å². The molecule has 1 atom stereocenters. The van der Waals surface area contributed by atoms with E-state index in [2.05, 4.69) is 11.4 Å². The fourth-order valence-corrected chi connectivity index (χ4v) is 2.56. The van der Waals surface area contributed by atoms with Crippen LogP contribution in [0.1, 0.15) is 27.2 Å². The summed E-state index contributed by atoms with van der Waals surface area (Å²) in [6, 6.07) is -0.457. The predicted molar refractivity (Wildman–Crippen MR) is 73.3 cm³/mol. The van der Waals surface area contributed by atoms with Gasteiger partial charge < -0.3 is 5.32 Å². The van der Waals surface area contributed by atoms with Crippen LogP contribution < -0.4 is 5.32 Å². The molecule has 0 aromatic rings. The van der Waals surface area contributed by atoms with Crippen molar-refractivity contribution in [1.82, 2.24) is 5.32 Å². The third-order valence-corrected chi connectivity index (χ3v) is 4.02. The Morgan fingerprint density at radius 3 is 2.74 bits per heavy atom. The van der Waals surface area contributed by atoms with E-state index in [9.17, 15) is 9.18 Å². The van der Waals surface area contributed by atoms with Crippen LogP contribution >= 0.6 is 0 Å². The highest BCUT2D eigenvalue weighted by Gasteiger charge is 2.36.